The van der Waals surface area contributed by atoms with Crippen molar-refractivity contribution in [2.24, 2.45) is 0 Å². The molecule has 1 aromatic rings. The van der Waals surface area contributed by atoms with Crippen LogP contribution in [-0.2, 0) is 8.85 Å². The van der Waals surface area contributed by atoms with E-state index in [0.29, 0.717) is 11.5 Å². The fourth-order valence-electron chi connectivity index (χ4n) is 1.14. The summed E-state index contributed by atoms with van der Waals surface area (Å²) in [4.78, 5) is 0. The summed E-state index contributed by atoms with van der Waals surface area (Å²) >= 11 is 0. The van der Waals surface area contributed by atoms with Crippen LogP contribution in [0.2, 0.25) is 0 Å². The van der Waals surface area contributed by atoms with Crippen LogP contribution in [-0.4, -0.2) is 9.28 Å². The molecule has 0 fully saturated rings. The lowest BCUT2D eigenvalue weighted by atomic mass is 10.4. The van der Waals surface area contributed by atoms with Gasteiger partial charge in [0, 0.05) is 5.19 Å². The SMILES string of the molecule is C=C(C)O[SiH](OC(=C)C)c1ccccc1. The standard InChI is InChI=1S/C12H16O2Si/c1-10(2)13-15(14-11(3)4)12-8-6-5-7-9-12/h5-9,15H,1,3H2,2,4H3. The summed E-state index contributed by atoms with van der Waals surface area (Å²) in [5, 5.41) is 1.09. The quantitative estimate of drug-likeness (QED) is 0.559. The van der Waals surface area contributed by atoms with Crippen LogP contribution in [0.4, 0.5) is 0 Å². The summed E-state index contributed by atoms with van der Waals surface area (Å²) in [6, 6.07) is 9.92. The van der Waals surface area contributed by atoms with Crippen LogP contribution >= 0.6 is 0 Å². The minimum atomic E-state index is -1.91. The maximum absolute atomic E-state index is 5.61. The summed E-state index contributed by atoms with van der Waals surface area (Å²) < 4.78 is 11.2. The highest BCUT2D eigenvalue weighted by Crippen LogP contribution is 2.03. The molecule has 0 aliphatic carbocycles. The summed E-state index contributed by atoms with van der Waals surface area (Å²) in [6.45, 7) is 11.1. The first-order valence-corrected chi connectivity index (χ1v) is 6.31. The maximum atomic E-state index is 5.61. The first-order valence-electron chi connectivity index (χ1n) is 4.79. The predicted octanol–water partition coefficient (Wildman–Crippen LogP) is 2.21. The third-order valence-electron chi connectivity index (χ3n) is 1.69. The molecule has 0 aliphatic heterocycles. The minimum absolute atomic E-state index is 0.678. The van der Waals surface area contributed by atoms with E-state index in [1.807, 2.05) is 44.2 Å². The van der Waals surface area contributed by atoms with E-state index in [2.05, 4.69) is 13.2 Å². The van der Waals surface area contributed by atoms with Crippen molar-refractivity contribution >= 4 is 14.5 Å². The van der Waals surface area contributed by atoms with E-state index < -0.39 is 9.28 Å². The second-order valence-corrected chi connectivity index (χ2v) is 5.18. The molecule has 15 heavy (non-hydrogen) atoms. The van der Waals surface area contributed by atoms with Crippen LogP contribution in [0.1, 0.15) is 13.8 Å². The molecular weight excluding hydrogens is 204 g/mol. The molecule has 0 bridgehead atoms. The van der Waals surface area contributed by atoms with Crippen LogP contribution in [0, 0.1) is 0 Å². The lowest BCUT2D eigenvalue weighted by molar-refractivity contribution is 0.311. The maximum Gasteiger partial charge on any atom is 0.479 e. The van der Waals surface area contributed by atoms with Crippen LogP contribution in [0.25, 0.3) is 0 Å². The molecule has 1 rings (SSSR count). The van der Waals surface area contributed by atoms with Crippen LogP contribution < -0.4 is 5.19 Å². The number of hydrogen-bond acceptors (Lipinski definition) is 2. The third-order valence-corrected chi connectivity index (χ3v) is 3.85. The molecule has 3 heteroatoms. The molecular formula is C12H16O2Si. The summed E-state index contributed by atoms with van der Waals surface area (Å²) in [7, 11) is -1.91. The number of hydrogen-bond donors (Lipinski definition) is 0. The first-order chi connectivity index (χ1) is 7.09. The molecule has 0 aliphatic rings. The Labute approximate surface area is 92.7 Å². The summed E-state index contributed by atoms with van der Waals surface area (Å²) in [5.41, 5.74) is 0. The number of rotatable bonds is 5. The molecule has 0 saturated carbocycles. The van der Waals surface area contributed by atoms with E-state index in [1.54, 1.807) is 0 Å². The van der Waals surface area contributed by atoms with Crippen LogP contribution in [0.3, 0.4) is 0 Å². The van der Waals surface area contributed by atoms with E-state index in [0.717, 1.165) is 5.19 Å². The van der Waals surface area contributed by atoms with Gasteiger partial charge in [-0.05, 0) is 13.8 Å². The van der Waals surface area contributed by atoms with Crippen molar-refractivity contribution in [1.82, 2.24) is 0 Å². The molecule has 0 unspecified atom stereocenters. The van der Waals surface area contributed by atoms with Crippen molar-refractivity contribution in [2.45, 2.75) is 13.8 Å². The molecule has 0 heterocycles. The van der Waals surface area contributed by atoms with E-state index in [4.69, 9.17) is 8.85 Å². The highest BCUT2D eigenvalue weighted by Gasteiger charge is 2.19. The van der Waals surface area contributed by atoms with Gasteiger partial charge in [-0.2, -0.15) is 0 Å². The lowest BCUT2D eigenvalue weighted by Crippen LogP contribution is -2.35. The van der Waals surface area contributed by atoms with Gasteiger partial charge in [-0.1, -0.05) is 43.5 Å². The largest absolute Gasteiger partial charge is 0.516 e. The Hall–Kier alpha value is -1.48. The Morgan fingerprint density at radius 2 is 1.47 bits per heavy atom. The van der Waals surface area contributed by atoms with Crippen molar-refractivity contribution in [3.63, 3.8) is 0 Å². The molecule has 1 aromatic carbocycles. The van der Waals surface area contributed by atoms with E-state index >= 15 is 0 Å². The average molecular weight is 220 g/mol. The van der Waals surface area contributed by atoms with E-state index in [1.165, 1.54) is 0 Å². The molecule has 0 saturated heterocycles. The summed E-state index contributed by atoms with van der Waals surface area (Å²) in [5.74, 6) is 1.36. The van der Waals surface area contributed by atoms with Crippen molar-refractivity contribution < 1.29 is 8.85 Å². The zero-order valence-electron chi connectivity index (χ0n) is 9.19. The Morgan fingerprint density at radius 3 is 1.87 bits per heavy atom. The normalized spacial score (nSPS) is 9.80. The molecule has 80 valence electrons. The average Bonchev–Trinajstić information content (AvgIpc) is 2.17. The Bertz CT molecular complexity index is 330. The van der Waals surface area contributed by atoms with Gasteiger partial charge in [0.1, 0.15) is 0 Å². The second-order valence-electron chi connectivity index (χ2n) is 3.38. The minimum Gasteiger partial charge on any atom is -0.516 e. The van der Waals surface area contributed by atoms with Gasteiger partial charge < -0.3 is 8.85 Å². The lowest BCUT2D eigenvalue weighted by Gasteiger charge is -2.18. The molecule has 2 nitrogen and oxygen atoms in total. The van der Waals surface area contributed by atoms with Gasteiger partial charge >= 0.3 is 9.28 Å². The van der Waals surface area contributed by atoms with Gasteiger partial charge in [0.25, 0.3) is 0 Å². The highest BCUT2D eigenvalue weighted by molar-refractivity contribution is 6.61. The highest BCUT2D eigenvalue weighted by atomic mass is 28.3. The van der Waals surface area contributed by atoms with Gasteiger partial charge in [0.15, 0.2) is 0 Å². The Morgan fingerprint density at radius 1 is 1.00 bits per heavy atom. The molecule has 0 amide bonds. The predicted molar refractivity (Wildman–Crippen MR) is 65.0 cm³/mol. The van der Waals surface area contributed by atoms with Gasteiger partial charge in [0.2, 0.25) is 0 Å². The molecule has 0 N–H and O–H groups in total. The van der Waals surface area contributed by atoms with Crippen molar-refractivity contribution in [2.75, 3.05) is 0 Å². The number of allylic oxidation sites excluding steroid dienone is 2. The number of benzene rings is 1. The molecule has 0 spiro atoms. The smallest absolute Gasteiger partial charge is 0.479 e. The van der Waals surface area contributed by atoms with Crippen molar-refractivity contribution in [3.05, 3.63) is 55.0 Å². The van der Waals surface area contributed by atoms with Gasteiger partial charge in [-0.25, -0.2) is 0 Å². The van der Waals surface area contributed by atoms with E-state index in [9.17, 15) is 0 Å². The molecule has 0 radical (unpaired) electrons. The summed E-state index contributed by atoms with van der Waals surface area (Å²) in [6.07, 6.45) is 0. The Kier molecular flexibility index (Phi) is 4.18. The van der Waals surface area contributed by atoms with Crippen molar-refractivity contribution in [3.8, 4) is 0 Å². The van der Waals surface area contributed by atoms with E-state index in [-0.39, 0.29) is 0 Å². The fourth-order valence-corrected chi connectivity index (χ4v) is 2.72. The zero-order valence-corrected chi connectivity index (χ0v) is 10.3. The van der Waals surface area contributed by atoms with Crippen molar-refractivity contribution in [1.29, 1.82) is 0 Å². The van der Waals surface area contributed by atoms with Gasteiger partial charge in [0.05, 0.1) is 11.5 Å². The topological polar surface area (TPSA) is 18.5 Å². The molecule has 0 aromatic heterocycles. The van der Waals surface area contributed by atoms with Crippen LogP contribution in [0.5, 0.6) is 0 Å². The Balaban J connectivity index is 2.81. The zero-order chi connectivity index (χ0) is 11.3. The monoisotopic (exact) mass is 220 g/mol. The fraction of sp³-hybridized carbons (Fsp3) is 0.167. The van der Waals surface area contributed by atoms with Crippen LogP contribution in [0.15, 0.2) is 55.0 Å². The first kappa shape index (κ1) is 11.6. The van der Waals surface area contributed by atoms with Gasteiger partial charge in [-0.3, -0.25) is 0 Å². The second kappa shape index (κ2) is 5.41. The molecule has 0 atom stereocenters. The third kappa shape index (κ3) is 4.04. The van der Waals surface area contributed by atoms with Gasteiger partial charge in [-0.15, -0.1) is 0 Å².